The molecule has 1 aliphatic heterocycles. The van der Waals surface area contributed by atoms with E-state index < -0.39 is 0 Å². The number of hydrogen-bond donors (Lipinski definition) is 0. The van der Waals surface area contributed by atoms with E-state index in [0.29, 0.717) is 18.7 Å². The van der Waals surface area contributed by atoms with Crippen molar-refractivity contribution >= 4 is 22.5 Å². The van der Waals surface area contributed by atoms with Gasteiger partial charge in [0.05, 0.1) is 23.4 Å². The van der Waals surface area contributed by atoms with Crippen LogP contribution in [-0.2, 0) is 6.42 Å². The number of carbonyl (C=O) groups excluding carboxylic acids is 1. The van der Waals surface area contributed by atoms with Gasteiger partial charge < -0.3 is 9.64 Å². The molecule has 2 heterocycles. The van der Waals surface area contributed by atoms with Gasteiger partial charge in [0.1, 0.15) is 5.75 Å². The lowest BCUT2D eigenvalue weighted by Crippen LogP contribution is -2.29. The summed E-state index contributed by atoms with van der Waals surface area (Å²) in [6.07, 6.45) is 1.86. The number of hydrogen-bond acceptors (Lipinski definition) is 3. The highest BCUT2D eigenvalue weighted by Gasteiger charge is 2.27. The van der Waals surface area contributed by atoms with E-state index in [1.807, 2.05) is 77.7 Å². The van der Waals surface area contributed by atoms with Crippen LogP contribution in [0.25, 0.3) is 22.2 Å². The van der Waals surface area contributed by atoms with Crippen molar-refractivity contribution in [2.24, 2.45) is 0 Å². The highest BCUT2D eigenvalue weighted by molar-refractivity contribution is 6.15. The lowest BCUT2D eigenvalue weighted by atomic mass is 10.0. The average Bonchev–Trinajstić information content (AvgIpc) is 3.26. The first-order chi connectivity index (χ1) is 15.2. The van der Waals surface area contributed by atoms with Gasteiger partial charge in [0.25, 0.3) is 5.91 Å². The van der Waals surface area contributed by atoms with Crippen molar-refractivity contribution in [2.75, 3.05) is 18.1 Å². The summed E-state index contributed by atoms with van der Waals surface area (Å²) < 4.78 is 5.70. The molecule has 0 fully saturated rings. The van der Waals surface area contributed by atoms with E-state index in [1.54, 1.807) is 0 Å². The van der Waals surface area contributed by atoms with Gasteiger partial charge in [-0.05, 0) is 60.9 Å². The number of pyridine rings is 1. The van der Waals surface area contributed by atoms with Crippen LogP contribution < -0.4 is 9.64 Å². The summed E-state index contributed by atoms with van der Waals surface area (Å²) in [6, 6.07) is 25.8. The monoisotopic (exact) mass is 408 g/mol. The molecule has 4 nitrogen and oxygen atoms in total. The molecule has 1 aromatic heterocycles. The third-order valence-electron chi connectivity index (χ3n) is 5.70. The molecule has 0 saturated carbocycles. The zero-order chi connectivity index (χ0) is 21.2. The van der Waals surface area contributed by atoms with Crippen molar-refractivity contribution < 1.29 is 9.53 Å². The Morgan fingerprint density at radius 3 is 2.61 bits per heavy atom. The minimum atomic E-state index is 0.0210. The van der Waals surface area contributed by atoms with Crippen molar-refractivity contribution in [1.82, 2.24) is 4.98 Å². The third-order valence-corrected chi connectivity index (χ3v) is 5.70. The summed E-state index contributed by atoms with van der Waals surface area (Å²) >= 11 is 0. The molecule has 5 rings (SSSR count). The molecule has 154 valence electrons. The highest BCUT2D eigenvalue weighted by Crippen LogP contribution is 2.32. The lowest BCUT2D eigenvalue weighted by Gasteiger charge is -2.19. The van der Waals surface area contributed by atoms with E-state index in [2.05, 4.69) is 13.0 Å². The molecule has 0 saturated heterocycles. The van der Waals surface area contributed by atoms with Gasteiger partial charge in [-0.25, -0.2) is 4.98 Å². The quantitative estimate of drug-likeness (QED) is 0.413. The van der Waals surface area contributed by atoms with E-state index in [0.717, 1.165) is 46.4 Å². The van der Waals surface area contributed by atoms with E-state index in [1.165, 1.54) is 5.56 Å². The zero-order valence-corrected chi connectivity index (χ0v) is 17.5. The number of fused-ring (bicyclic) bond motifs is 2. The van der Waals surface area contributed by atoms with Gasteiger partial charge >= 0.3 is 0 Å². The van der Waals surface area contributed by atoms with Crippen molar-refractivity contribution in [3.8, 4) is 17.0 Å². The summed E-state index contributed by atoms with van der Waals surface area (Å²) in [7, 11) is 0. The Morgan fingerprint density at radius 1 is 1.00 bits per heavy atom. The van der Waals surface area contributed by atoms with E-state index in [4.69, 9.17) is 9.72 Å². The molecular formula is C27H24N2O2. The topological polar surface area (TPSA) is 42.4 Å². The van der Waals surface area contributed by atoms with Gasteiger partial charge in [0.15, 0.2) is 0 Å². The van der Waals surface area contributed by atoms with Gasteiger partial charge in [0.2, 0.25) is 0 Å². The number of para-hydroxylation sites is 2. The number of rotatable bonds is 5. The molecule has 1 amide bonds. The number of benzene rings is 3. The third kappa shape index (κ3) is 3.66. The van der Waals surface area contributed by atoms with Crippen LogP contribution in [0.15, 0.2) is 78.9 Å². The van der Waals surface area contributed by atoms with Gasteiger partial charge in [0, 0.05) is 23.2 Å². The summed E-state index contributed by atoms with van der Waals surface area (Å²) in [5, 5.41) is 0.878. The van der Waals surface area contributed by atoms with Crippen LogP contribution >= 0.6 is 0 Å². The summed E-state index contributed by atoms with van der Waals surface area (Å²) in [5.74, 6) is 0.865. The molecular weight excluding hydrogens is 384 g/mol. The molecule has 0 N–H and O–H groups in total. The fraction of sp³-hybridized carbons (Fsp3) is 0.185. The van der Waals surface area contributed by atoms with Crippen LogP contribution in [0.4, 0.5) is 5.69 Å². The maximum Gasteiger partial charge on any atom is 0.259 e. The Kier molecular flexibility index (Phi) is 5.13. The maximum atomic E-state index is 13.7. The summed E-state index contributed by atoms with van der Waals surface area (Å²) in [5.41, 5.74) is 5.48. The van der Waals surface area contributed by atoms with Crippen LogP contribution in [0.3, 0.4) is 0 Å². The van der Waals surface area contributed by atoms with Gasteiger partial charge in [-0.3, -0.25) is 4.79 Å². The van der Waals surface area contributed by atoms with Gasteiger partial charge in [-0.1, -0.05) is 43.3 Å². The summed E-state index contributed by atoms with van der Waals surface area (Å²) in [4.78, 5) is 20.4. The first-order valence-corrected chi connectivity index (χ1v) is 10.8. The molecule has 0 spiro atoms. The predicted octanol–water partition coefficient (Wildman–Crippen LogP) is 5.89. The SMILES string of the molecule is CCCOc1ccc(-c2cc(C(=O)N3CCc4ccccc43)c3ccccc3n2)cc1. The molecule has 1 aliphatic rings. The highest BCUT2D eigenvalue weighted by atomic mass is 16.5. The van der Waals surface area contributed by atoms with Crippen molar-refractivity contribution in [3.63, 3.8) is 0 Å². The number of aromatic nitrogens is 1. The molecule has 4 aromatic rings. The fourth-order valence-corrected chi connectivity index (χ4v) is 4.14. The largest absolute Gasteiger partial charge is 0.494 e. The normalized spacial score (nSPS) is 12.7. The minimum Gasteiger partial charge on any atom is -0.494 e. The van der Waals surface area contributed by atoms with E-state index >= 15 is 0 Å². The van der Waals surface area contributed by atoms with Gasteiger partial charge in [-0.2, -0.15) is 0 Å². The number of ether oxygens (including phenoxy) is 1. The molecule has 0 aliphatic carbocycles. The second-order valence-electron chi connectivity index (χ2n) is 7.78. The van der Waals surface area contributed by atoms with Crippen molar-refractivity contribution in [1.29, 1.82) is 0 Å². The van der Waals surface area contributed by atoms with Crippen LogP contribution in [-0.4, -0.2) is 24.0 Å². The molecule has 0 unspecified atom stereocenters. The Hall–Kier alpha value is -3.66. The Morgan fingerprint density at radius 2 is 1.77 bits per heavy atom. The van der Waals surface area contributed by atoms with E-state index in [-0.39, 0.29) is 5.91 Å². The van der Waals surface area contributed by atoms with Crippen LogP contribution in [0, 0.1) is 0 Å². The smallest absolute Gasteiger partial charge is 0.259 e. The molecule has 31 heavy (non-hydrogen) atoms. The lowest BCUT2D eigenvalue weighted by molar-refractivity contribution is 0.0991. The standard InChI is InChI=1S/C27H24N2O2/c1-2-17-31-21-13-11-19(12-14-21)25-18-23(22-8-4-5-9-24(22)28-25)27(30)29-16-15-20-7-3-6-10-26(20)29/h3-14,18H,2,15-17H2,1H3. The second kappa shape index (κ2) is 8.23. The second-order valence-corrected chi connectivity index (χ2v) is 7.78. The molecule has 3 aromatic carbocycles. The number of nitrogens with zero attached hydrogens (tertiary/aromatic N) is 2. The van der Waals surface area contributed by atoms with Crippen LogP contribution in [0.5, 0.6) is 5.75 Å². The van der Waals surface area contributed by atoms with Gasteiger partial charge in [-0.15, -0.1) is 0 Å². The number of amides is 1. The molecule has 0 atom stereocenters. The summed E-state index contributed by atoms with van der Waals surface area (Å²) in [6.45, 7) is 3.49. The van der Waals surface area contributed by atoms with Crippen molar-refractivity contribution in [2.45, 2.75) is 19.8 Å². The predicted molar refractivity (Wildman–Crippen MR) is 125 cm³/mol. The first kappa shape index (κ1) is 19.3. The molecule has 0 bridgehead atoms. The molecule has 4 heteroatoms. The fourth-order valence-electron chi connectivity index (χ4n) is 4.14. The average molecular weight is 409 g/mol. The van der Waals surface area contributed by atoms with E-state index in [9.17, 15) is 4.79 Å². The Labute approximate surface area is 182 Å². The minimum absolute atomic E-state index is 0.0210. The Balaban J connectivity index is 1.56. The number of anilines is 1. The molecule has 0 radical (unpaired) electrons. The van der Waals surface area contributed by atoms with Crippen LogP contribution in [0.2, 0.25) is 0 Å². The first-order valence-electron chi connectivity index (χ1n) is 10.8. The van der Waals surface area contributed by atoms with Crippen molar-refractivity contribution in [3.05, 3.63) is 90.0 Å². The Bertz CT molecular complexity index is 1250. The zero-order valence-electron chi connectivity index (χ0n) is 17.5. The number of carbonyl (C=O) groups is 1. The van der Waals surface area contributed by atoms with Crippen LogP contribution in [0.1, 0.15) is 29.3 Å². The maximum absolute atomic E-state index is 13.7.